The molecule has 0 N–H and O–H groups in total. The number of pyridine rings is 1. The molecule has 0 radical (unpaired) electrons. The van der Waals surface area contributed by atoms with Crippen molar-refractivity contribution < 1.29 is 27.4 Å². The lowest BCUT2D eigenvalue weighted by Gasteiger charge is -2.26. The van der Waals surface area contributed by atoms with Crippen LogP contribution >= 0.6 is 0 Å². The molecule has 1 aromatic carbocycles. The molecule has 3 heterocycles. The van der Waals surface area contributed by atoms with Crippen LogP contribution in [0.25, 0.3) is 5.82 Å². The Labute approximate surface area is 188 Å². The Balaban J connectivity index is 1.62. The molecule has 1 fully saturated rings. The quantitative estimate of drug-likeness (QED) is 0.557. The fourth-order valence-corrected chi connectivity index (χ4v) is 4.11. The summed E-state index contributed by atoms with van der Waals surface area (Å²) in [4.78, 5) is 19.1. The number of methoxy groups -OCH3 is 2. The highest BCUT2D eigenvalue weighted by Gasteiger charge is 2.34. The van der Waals surface area contributed by atoms with Crippen LogP contribution in [0.4, 0.5) is 13.2 Å². The van der Waals surface area contributed by atoms with Gasteiger partial charge < -0.3 is 14.4 Å². The summed E-state index contributed by atoms with van der Waals surface area (Å²) in [6, 6.07) is 7.52. The summed E-state index contributed by atoms with van der Waals surface area (Å²) in [5, 5.41) is 4.21. The van der Waals surface area contributed by atoms with Crippen molar-refractivity contribution in [2.24, 2.45) is 0 Å². The minimum Gasteiger partial charge on any atom is -0.497 e. The van der Waals surface area contributed by atoms with Gasteiger partial charge in [-0.15, -0.1) is 0 Å². The van der Waals surface area contributed by atoms with Gasteiger partial charge in [-0.2, -0.15) is 18.3 Å². The van der Waals surface area contributed by atoms with Crippen molar-refractivity contribution in [2.75, 3.05) is 20.8 Å². The average molecular weight is 460 g/mol. The van der Waals surface area contributed by atoms with Crippen LogP contribution in [0.15, 0.2) is 42.7 Å². The largest absolute Gasteiger partial charge is 0.497 e. The fourth-order valence-electron chi connectivity index (χ4n) is 4.11. The molecule has 1 amide bonds. The molecule has 1 unspecified atom stereocenters. The van der Waals surface area contributed by atoms with Gasteiger partial charge in [-0.1, -0.05) is 0 Å². The molecule has 1 aliphatic rings. The zero-order valence-electron chi connectivity index (χ0n) is 18.4. The zero-order valence-corrected chi connectivity index (χ0v) is 18.4. The molecule has 1 aliphatic heterocycles. The van der Waals surface area contributed by atoms with Crippen molar-refractivity contribution in [3.63, 3.8) is 0 Å². The highest BCUT2D eigenvalue weighted by Crippen LogP contribution is 2.39. The van der Waals surface area contributed by atoms with Gasteiger partial charge in [0.05, 0.1) is 43.3 Å². The van der Waals surface area contributed by atoms with Gasteiger partial charge in [-0.3, -0.25) is 4.79 Å². The molecule has 7 nitrogen and oxygen atoms in total. The molecule has 1 atom stereocenters. The molecule has 1 saturated heterocycles. The first-order valence-corrected chi connectivity index (χ1v) is 10.4. The fraction of sp³-hybridized carbons (Fsp3) is 0.348. The van der Waals surface area contributed by atoms with E-state index in [2.05, 4.69) is 10.1 Å². The molecule has 2 aromatic heterocycles. The number of rotatable bonds is 5. The van der Waals surface area contributed by atoms with Crippen molar-refractivity contribution in [2.45, 2.75) is 32.0 Å². The maximum atomic E-state index is 13.4. The summed E-state index contributed by atoms with van der Waals surface area (Å²) in [5.41, 5.74) is 0.912. The van der Waals surface area contributed by atoms with E-state index >= 15 is 0 Å². The van der Waals surface area contributed by atoms with Gasteiger partial charge in [-0.25, -0.2) is 9.67 Å². The first-order valence-electron chi connectivity index (χ1n) is 10.4. The molecular formula is C23H23F3N4O3. The molecule has 174 valence electrons. The molecule has 0 spiro atoms. The molecule has 3 aromatic rings. The molecule has 33 heavy (non-hydrogen) atoms. The van der Waals surface area contributed by atoms with Gasteiger partial charge >= 0.3 is 6.18 Å². The Morgan fingerprint density at radius 1 is 1.12 bits per heavy atom. The zero-order chi connectivity index (χ0) is 23.8. The third kappa shape index (κ3) is 4.24. The van der Waals surface area contributed by atoms with E-state index < -0.39 is 11.7 Å². The summed E-state index contributed by atoms with van der Waals surface area (Å²) >= 11 is 0. The summed E-state index contributed by atoms with van der Waals surface area (Å²) in [5.74, 6) is 1.30. The Morgan fingerprint density at radius 3 is 2.55 bits per heavy atom. The summed E-state index contributed by atoms with van der Waals surface area (Å²) in [7, 11) is 3.15. The third-order valence-electron chi connectivity index (χ3n) is 5.85. The number of hydrogen-bond acceptors (Lipinski definition) is 5. The van der Waals surface area contributed by atoms with E-state index in [0.29, 0.717) is 29.3 Å². The maximum absolute atomic E-state index is 13.4. The van der Waals surface area contributed by atoms with E-state index in [1.807, 2.05) is 12.1 Å². The van der Waals surface area contributed by atoms with Crippen LogP contribution in [-0.2, 0) is 6.18 Å². The van der Waals surface area contributed by atoms with Crippen molar-refractivity contribution in [3.05, 3.63) is 65.1 Å². The van der Waals surface area contributed by atoms with Crippen LogP contribution < -0.4 is 9.47 Å². The van der Waals surface area contributed by atoms with Crippen LogP contribution in [0.5, 0.6) is 11.5 Å². The molecular weight excluding hydrogens is 437 g/mol. The predicted molar refractivity (Wildman–Crippen MR) is 114 cm³/mol. The minimum absolute atomic E-state index is 0.176. The van der Waals surface area contributed by atoms with Crippen molar-refractivity contribution >= 4 is 5.91 Å². The number of alkyl halides is 3. The van der Waals surface area contributed by atoms with Gasteiger partial charge in [0, 0.05) is 24.4 Å². The highest BCUT2D eigenvalue weighted by atomic mass is 19.4. The van der Waals surface area contributed by atoms with Crippen molar-refractivity contribution in [1.29, 1.82) is 0 Å². The summed E-state index contributed by atoms with van der Waals surface area (Å²) in [6.07, 6.45) is -0.678. The molecule has 0 aliphatic carbocycles. The minimum atomic E-state index is -4.47. The highest BCUT2D eigenvalue weighted by molar-refractivity contribution is 5.95. The molecule has 0 bridgehead atoms. The van der Waals surface area contributed by atoms with Crippen molar-refractivity contribution in [1.82, 2.24) is 19.7 Å². The topological polar surface area (TPSA) is 69.5 Å². The molecule has 0 saturated carbocycles. The Hall–Kier alpha value is -3.56. The van der Waals surface area contributed by atoms with E-state index in [-0.39, 0.29) is 17.8 Å². The van der Waals surface area contributed by atoms with Gasteiger partial charge in [0.15, 0.2) is 5.82 Å². The second-order valence-electron chi connectivity index (χ2n) is 7.72. The van der Waals surface area contributed by atoms with Gasteiger partial charge in [0.1, 0.15) is 11.5 Å². The number of nitrogens with zero attached hydrogens (tertiary/aromatic N) is 4. The van der Waals surface area contributed by atoms with Crippen LogP contribution in [0.3, 0.4) is 0 Å². The predicted octanol–water partition coefficient (Wildman–Crippen LogP) is 4.59. The first-order chi connectivity index (χ1) is 15.7. The van der Waals surface area contributed by atoms with Crippen LogP contribution in [0.1, 0.15) is 46.1 Å². The van der Waals surface area contributed by atoms with E-state index in [0.717, 1.165) is 30.7 Å². The normalized spacial score (nSPS) is 16.2. The number of ether oxygens (including phenoxy) is 2. The average Bonchev–Trinajstić information content (AvgIpc) is 3.44. The maximum Gasteiger partial charge on any atom is 0.417 e. The summed E-state index contributed by atoms with van der Waals surface area (Å²) in [6.45, 7) is 2.26. The standard InChI is InChI=1S/C23H23F3N4O3/c1-14-18(13-28-30(14)21-9-6-15(12-27-21)23(24,25)26)22(31)29-10-4-5-19(29)17-8-7-16(32-2)11-20(17)33-3/h6-9,11-13,19H,4-5,10H2,1-3H3. The van der Waals surface area contributed by atoms with E-state index in [4.69, 9.17) is 9.47 Å². The number of halogens is 3. The second kappa shape index (κ2) is 8.76. The number of amides is 1. The van der Waals surface area contributed by atoms with E-state index in [9.17, 15) is 18.0 Å². The third-order valence-corrected chi connectivity index (χ3v) is 5.85. The monoisotopic (exact) mass is 460 g/mol. The van der Waals surface area contributed by atoms with E-state index in [1.54, 1.807) is 32.1 Å². The summed E-state index contributed by atoms with van der Waals surface area (Å²) < 4.78 is 50.6. The van der Waals surface area contributed by atoms with Crippen LogP contribution in [0.2, 0.25) is 0 Å². The molecule has 4 rings (SSSR count). The first kappa shape index (κ1) is 22.6. The lowest BCUT2D eigenvalue weighted by Crippen LogP contribution is -2.31. The van der Waals surface area contributed by atoms with Gasteiger partial charge in [0.2, 0.25) is 0 Å². The van der Waals surface area contributed by atoms with Crippen LogP contribution in [-0.4, -0.2) is 46.3 Å². The Bertz CT molecular complexity index is 1160. The SMILES string of the molecule is COc1ccc(C2CCCN2C(=O)c2cnn(-c3ccc(C(F)(F)F)cn3)c2C)c(OC)c1. The molecule has 10 heteroatoms. The smallest absolute Gasteiger partial charge is 0.417 e. The van der Waals surface area contributed by atoms with Gasteiger partial charge in [-0.05, 0) is 44.0 Å². The Morgan fingerprint density at radius 2 is 1.91 bits per heavy atom. The number of benzene rings is 1. The number of likely N-dealkylation sites (tertiary alicyclic amines) is 1. The van der Waals surface area contributed by atoms with Gasteiger partial charge in [0.25, 0.3) is 5.91 Å². The number of carbonyl (C=O) groups excluding carboxylic acids is 1. The number of hydrogen-bond donors (Lipinski definition) is 0. The van der Waals surface area contributed by atoms with Crippen molar-refractivity contribution in [3.8, 4) is 17.3 Å². The lowest BCUT2D eigenvalue weighted by atomic mass is 10.0. The second-order valence-corrected chi connectivity index (χ2v) is 7.72. The Kier molecular flexibility index (Phi) is 6.01. The number of aromatic nitrogens is 3. The van der Waals surface area contributed by atoms with Crippen LogP contribution in [0, 0.1) is 6.92 Å². The van der Waals surface area contributed by atoms with E-state index in [1.165, 1.54) is 16.9 Å². The lowest BCUT2D eigenvalue weighted by molar-refractivity contribution is -0.137. The number of carbonyl (C=O) groups is 1.